The number of carbonyl (C=O) groups excluding carboxylic acids is 3. The van der Waals surface area contributed by atoms with E-state index in [0.717, 1.165) is 83.5 Å². The second-order valence-corrected chi connectivity index (χ2v) is 19.9. The molecular weight excluding hydrogens is 853 g/mol. The minimum Gasteiger partial charge on any atom is -0.462 e. The molecule has 0 radical (unpaired) electrons. The van der Waals surface area contributed by atoms with Gasteiger partial charge in [0.1, 0.15) is 13.2 Å². The van der Waals surface area contributed by atoms with Gasteiger partial charge in [-0.05, 0) is 83.5 Å². The van der Waals surface area contributed by atoms with Gasteiger partial charge in [0.2, 0.25) is 0 Å². The predicted molar refractivity (Wildman–Crippen MR) is 298 cm³/mol. The molecule has 0 aromatic heterocycles. The highest BCUT2D eigenvalue weighted by Gasteiger charge is 2.19. The first-order valence-corrected chi connectivity index (χ1v) is 29.8. The number of allylic oxidation sites excluding steroid dienone is 10. The smallest absolute Gasteiger partial charge is 0.306 e. The average molecular weight is 966 g/mol. The maximum atomic E-state index is 12.8. The standard InChI is InChI=1S/C63H112O6/c1-4-7-10-13-16-19-22-25-28-30-31-33-35-38-41-44-47-50-53-56-62(65)68-59-60(58-67-61(64)55-52-49-46-43-40-37-34-27-24-21-18-15-12-9-6-3)69-63(66)57-54-51-48-45-42-39-36-32-29-26-23-20-17-14-11-8-5-2/h18,21,26-27,29,34,36,39,45,48,60H,4-17,19-20,22-25,28,30-33,35,37-38,40-44,46-47,49-59H2,1-3H3/b21-18-,29-26-,34-27-,39-36-,48-45-/t60-/m1/s1. The van der Waals surface area contributed by atoms with Gasteiger partial charge in [0.25, 0.3) is 0 Å². The van der Waals surface area contributed by atoms with E-state index in [4.69, 9.17) is 14.2 Å². The van der Waals surface area contributed by atoms with Crippen LogP contribution in [0.1, 0.15) is 303 Å². The molecule has 400 valence electrons. The Morgan fingerprint density at radius 2 is 0.536 bits per heavy atom. The van der Waals surface area contributed by atoms with Crippen LogP contribution in [0.25, 0.3) is 0 Å². The molecule has 1 atom stereocenters. The minimum absolute atomic E-state index is 0.0961. The third-order valence-electron chi connectivity index (χ3n) is 13.0. The molecule has 0 bridgehead atoms. The number of carbonyl (C=O) groups is 3. The van der Waals surface area contributed by atoms with Crippen LogP contribution >= 0.6 is 0 Å². The lowest BCUT2D eigenvalue weighted by Gasteiger charge is -2.18. The normalized spacial score (nSPS) is 12.4. The molecule has 69 heavy (non-hydrogen) atoms. The van der Waals surface area contributed by atoms with Crippen molar-refractivity contribution < 1.29 is 28.6 Å². The third kappa shape index (κ3) is 55.9. The highest BCUT2D eigenvalue weighted by molar-refractivity contribution is 5.71. The molecule has 0 saturated heterocycles. The van der Waals surface area contributed by atoms with Crippen molar-refractivity contribution in [3.05, 3.63) is 60.8 Å². The molecular formula is C63H112O6. The van der Waals surface area contributed by atoms with Crippen molar-refractivity contribution in [2.24, 2.45) is 0 Å². The molecule has 0 heterocycles. The van der Waals surface area contributed by atoms with Crippen molar-refractivity contribution in [1.82, 2.24) is 0 Å². The number of unbranched alkanes of at least 4 members (excludes halogenated alkanes) is 33. The van der Waals surface area contributed by atoms with Gasteiger partial charge in [0.15, 0.2) is 6.10 Å². The highest BCUT2D eigenvalue weighted by atomic mass is 16.6. The van der Waals surface area contributed by atoms with Crippen LogP contribution < -0.4 is 0 Å². The monoisotopic (exact) mass is 965 g/mol. The summed E-state index contributed by atoms with van der Waals surface area (Å²) in [5, 5.41) is 0. The van der Waals surface area contributed by atoms with E-state index in [9.17, 15) is 14.4 Å². The van der Waals surface area contributed by atoms with Gasteiger partial charge in [-0.1, -0.05) is 261 Å². The Bertz CT molecular complexity index is 1250. The van der Waals surface area contributed by atoms with Crippen molar-refractivity contribution in [2.75, 3.05) is 13.2 Å². The Morgan fingerprint density at radius 3 is 0.884 bits per heavy atom. The van der Waals surface area contributed by atoms with E-state index in [1.54, 1.807) is 0 Å². The molecule has 0 spiro atoms. The Labute approximate surface area is 428 Å². The zero-order valence-corrected chi connectivity index (χ0v) is 45.8. The minimum atomic E-state index is -0.805. The summed E-state index contributed by atoms with van der Waals surface area (Å²) in [6.45, 7) is 6.59. The molecule has 0 N–H and O–H groups in total. The summed E-state index contributed by atoms with van der Waals surface area (Å²) in [7, 11) is 0. The van der Waals surface area contributed by atoms with E-state index in [1.807, 2.05) is 0 Å². The maximum Gasteiger partial charge on any atom is 0.306 e. The first-order chi connectivity index (χ1) is 34.0. The topological polar surface area (TPSA) is 78.9 Å². The molecule has 6 nitrogen and oxygen atoms in total. The van der Waals surface area contributed by atoms with E-state index in [1.165, 1.54) is 173 Å². The van der Waals surface area contributed by atoms with Crippen LogP contribution in [0.5, 0.6) is 0 Å². The predicted octanol–water partition coefficient (Wildman–Crippen LogP) is 20.0. The van der Waals surface area contributed by atoms with Crippen LogP contribution in [-0.2, 0) is 28.6 Å². The largest absolute Gasteiger partial charge is 0.462 e. The number of rotatable bonds is 54. The summed E-state index contributed by atoms with van der Waals surface area (Å²) < 4.78 is 16.8. The van der Waals surface area contributed by atoms with Crippen LogP contribution in [0.3, 0.4) is 0 Å². The van der Waals surface area contributed by atoms with Crippen LogP contribution in [0.4, 0.5) is 0 Å². The van der Waals surface area contributed by atoms with Gasteiger partial charge in [0, 0.05) is 19.3 Å². The summed E-state index contributed by atoms with van der Waals surface area (Å²) in [5.74, 6) is -0.950. The zero-order chi connectivity index (χ0) is 50.0. The second kappa shape index (κ2) is 57.7. The molecule has 6 heteroatoms. The Morgan fingerprint density at radius 1 is 0.290 bits per heavy atom. The van der Waals surface area contributed by atoms with Crippen LogP contribution in [0.2, 0.25) is 0 Å². The Balaban J connectivity index is 4.43. The lowest BCUT2D eigenvalue weighted by molar-refractivity contribution is -0.167. The van der Waals surface area contributed by atoms with Gasteiger partial charge in [-0.3, -0.25) is 14.4 Å². The summed E-state index contributed by atoms with van der Waals surface area (Å²) in [4.78, 5) is 38.2. The molecule has 0 unspecified atom stereocenters. The Kier molecular flexibility index (Phi) is 55.3. The lowest BCUT2D eigenvalue weighted by atomic mass is 10.0. The SMILES string of the molecule is CCCCC/C=C\C/C=C\CCCCCCCC(=O)OC[C@H](COC(=O)CCCCCCCCCCCCCCCCCCCCC)OC(=O)CCC/C=C\C/C=C\C/C=C\CCCCCCCC. The van der Waals surface area contributed by atoms with Crippen molar-refractivity contribution >= 4 is 17.9 Å². The fourth-order valence-corrected chi connectivity index (χ4v) is 8.49. The van der Waals surface area contributed by atoms with E-state index < -0.39 is 6.10 Å². The molecule has 0 rings (SSSR count). The van der Waals surface area contributed by atoms with Crippen molar-refractivity contribution in [2.45, 2.75) is 309 Å². The van der Waals surface area contributed by atoms with Gasteiger partial charge < -0.3 is 14.2 Å². The van der Waals surface area contributed by atoms with Crippen molar-refractivity contribution in [3.63, 3.8) is 0 Å². The number of hydrogen-bond donors (Lipinski definition) is 0. The summed E-state index contributed by atoms with van der Waals surface area (Å²) in [6.07, 6.45) is 72.2. The Hall–Kier alpha value is -2.89. The molecule has 0 aliphatic heterocycles. The average Bonchev–Trinajstić information content (AvgIpc) is 3.35. The fraction of sp³-hybridized carbons (Fsp3) is 0.794. The third-order valence-corrected chi connectivity index (χ3v) is 13.0. The van der Waals surface area contributed by atoms with Gasteiger partial charge in [-0.25, -0.2) is 0 Å². The van der Waals surface area contributed by atoms with E-state index in [-0.39, 0.29) is 37.5 Å². The molecule has 0 fully saturated rings. The van der Waals surface area contributed by atoms with E-state index in [2.05, 4.69) is 81.5 Å². The fourth-order valence-electron chi connectivity index (χ4n) is 8.49. The van der Waals surface area contributed by atoms with Crippen LogP contribution in [0.15, 0.2) is 60.8 Å². The number of ether oxygens (including phenoxy) is 3. The summed E-state index contributed by atoms with van der Waals surface area (Å²) in [6, 6.07) is 0. The van der Waals surface area contributed by atoms with E-state index >= 15 is 0 Å². The molecule has 0 saturated carbocycles. The highest BCUT2D eigenvalue weighted by Crippen LogP contribution is 2.16. The summed E-state index contributed by atoms with van der Waals surface area (Å²) >= 11 is 0. The van der Waals surface area contributed by atoms with Crippen LogP contribution in [0, 0.1) is 0 Å². The summed E-state index contributed by atoms with van der Waals surface area (Å²) in [5.41, 5.74) is 0. The van der Waals surface area contributed by atoms with Gasteiger partial charge in [-0.15, -0.1) is 0 Å². The maximum absolute atomic E-state index is 12.8. The molecule has 0 aliphatic rings. The number of esters is 3. The number of hydrogen-bond acceptors (Lipinski definition) is 6. The molecule has 0 aromatic rings. The van der Waals surface area contributed by atoms with E-state index in [0.29, 0.717) is 19.3 Å². The van der Waals surface area contributed by atoms with Crippen molar-refractivity contribution in [1.29, 1.82) is 0 Å². The first kappa shape index (κ1) is 66.1. The van der Waals surface area contributed by atoms with Gasteiger partial charge in [0.05, 0.1) is 0 Å². The second-order valence-electron chi connectivity index (χ2n) is 19.9. The quantitative estimate of drug-likeness (QED) is 0.0262. The lowest BCUT2D eigenvalue weighted by Crippen LogP contribution is -2.30. The van der Waals surface area contributed by atoms with Crippen LogP contribution in [-0.4, -0.2) is 37.2 Å². The zero-order valence-electron chi connectivity index (χ0n) is 45.8. The van der Waals surface area contributed by atoms with Gasteiger partial charge in [-0.2, -0.15) is 0 Å². The molecule has 0 aromatic carbocycles. The molecule has 0 aliphatic carbocycles. The van der Waals surface area contributed by atoms with Gasteiger partial charge >= 0.3 is 17.9 Å². The first-order valence-electron chi connectivity index (χ1n) is 29.8. The van der Waals surface area contributed by atoms with Crippen molar-refractivity contribution in [3.8, 4) is 0 Å². The molecule has 0 amide bonds.